The average Bonchev–Trinajstić information content (AvgIpc) is 2.82. The van der Waals surface area contributed by atoms with Crippen LogP contribution in [0.25, 0.3) is 0 Å². The molecular formula is C11H20N2O2. The van der Waals surface area contributed by atoms with Gasteiger partial charge in [-0.25, -0.2) is 0 Å². The first kappa shape index (κ1) is 12.2. The van der Waals surface area contributed by atoms with Crippen LogP contribution in [0.4, 0.5) is 0 Å². The summed E-state index contributed by atoms with van der Waals surface area (Å²) < 4.78 is 0. The maximum absolute atomic E-state index is 11.4. The van der Waals surface area contributed by atoms with E-state index in [1.54, 1.807) is 11.9 Å². The highest BCUT2D eigenvalue weighted by Crippen LogP contribution is 2.29. The summed E-state index contributed by atoms with van der Waals surface area (Å²) in [4.78, 5) is 24.6. The molecule has 0 atom stereocenters. The third kappa shape index (κ3) is 4.93. The molecule has 4 nitrogen and oxygen atoms in total. The van der Waals surface area contributed by atoms with Crippen LogP contribution in [-0.4, -0.2) is 42.8 Å². The summed E-state index contributed by atoms with van der Waals surface area (Å²) in [6.45, 7) is 4.55. The Morgan fingerprint density at radius 1 is 1.33 bits per heavy atom. The van der Waals surface area contributed by atoms with Crippen molar-refractivity contribution in [1.29, 1.82) is 0 Å². The number of amides is 1. The molecule has 0 heterocycles. The van der Waals surface area contributed by atoms with Gasteiger partial charge < -0.3 is 5.32 Å². The van der Waals surface area contributed by atoms with Crippen LogP contribution in [0.1, 0.15) is 26.7 Å². The largest absolute Gasteiger partial charge is 0.353 e. The fourth-order valence-corrected chi connectivity index (χ4v) is 1.47. The highest BCUT2D eigenvalue weighted by Gasteiger charge is 2.29. The SMILES string of the molecule is CC(C)NC(=O)CN(C)CC(=O)C1CC1. The monoisotopic (exact) mass is 212 g/mol. The molecular weight excluding hydrogens is 192 g/mol. The van der Waals surface area contributed by atoms with Gasteiger partial charge in [0, 0.05) is 12.0 Å². The van der Waals surface area contributed by atoms with Crippen LogP contribution in [0.5, 0.6) is 0 Å². The van der Waals surface area contributed by atoms with Gasteiger partial charge in [-0.2, -0.15) is 0 Å². The lowest BCUT2D eigenvalue weighted by Gasteiger charge is -2.16. The van der Waals surface area contributed by atoms with Gasteiger partial charge in [-0.15, -0.1) is 0 Å². The molecule has 15 heavy (non-hydrogen) atoms. The molecule has 1 saturated carbocycles. The van der Waals surface area contributed by atoms with Crippen LogP contribution < -0.4 is 5.32 Å². The topological polar surface area (TPSA) is 49.4 Å². The van der Waals surface area contributed by atoms with E-state index in [1.165, 1.54) is 0 Å². The summed E-state index contributed by atoms with van der Waals surface area (Å²) >= 11 is 0. The second-order valence-corrected chi connectivity index (χ2v) is 4.64. The smallest absolute Gasteiger partial charge is 0.234 e. The summed E-state index contributed by atoms with van der Waals surface area (Å²) in [5.41, 5.74) is 0. The van der Waals surface area contributed by atoms with Gasteiger partial charge in [0.2, 0.25) is 5.91 Å². The minimum atomic E-state index is -0.0175. The molecule has 1 N–H and O–H groups in total. The molecule has 1 aliphatic rings. The van der Waals surface area contributed by atoms with Crippen molar-refractivity contribution in [1.82, 2.24) is 10.2 Å². The number of nitrogens with one attached hydrogen (secondary N) is 1. The zero-order chi connectivity index (χ0) is 11.4. The second-order valence-electron chi connectivity index (χ2n) is 4.64. The zero-order valence-corrected chi connectivity index (χ0v) is 9.75. The van der Waals surface area contributed by atoms with Crippen molar-refractivity contribution in [2.75, 3.05) is 20.1 Å². The molecule has 0 unspecified atom stereocenters. The van der Waals surface area contributed by atoms with Crippen LogP contribution >= 0.6 is 0 Å². The van der Waals surface area contributed by atoms with Crippen molar-refractivity contribution in [3.05, 3.63) is 0 Å². The third-order valence-electron chi connectivity index (χ3n) is 2.32. The Kier molecular flexibility index (Phi) is 4.27. The molecule has 1 fully saturated rings. The highest BCUT2D eigenvalue weighted by molar-refractivity contribution is 5.86. The van der Waals surface area contributed by atoms with E-state index in [9.17, 15) is 9.59 Å². The summed E-state index contributed by atoms with van der Waals surface area (Å²) in [6.07, 6.45) is 2.07. The molecule has 1 rings (SSSR count). The fraction of sp³-hybridized carbons (Fsp3) is 0.818. The maximum atomic E-state index is 11.4. The summed E-state index contributed by atoms with van der Waals surface area (Å²) in [5, 5.41) is 2.80. The summed E-state index contributed by atoms with van der Waals surface area (Å²) in [7, 11) is 1.81. The Bertz CT molecular complexity index is 247. The highest BCUT2D eigenvalue weighted by atomic mass is 16.2. The van der Waals surface area contributed by atoms with Crippen LogP contribution in [0.2, 0.25) is 0 Å². The lowest BCUT2D eigenvalue weighted by Crippen LogP contribution is -2.40. The Labute approximate surface area is 91.0 Å². The minimum absolute atomic E-state index is 0.0175. The Morgan fingerprint density at radius 2 is 1.93 bits per heavy atom. The molecule has 0 aliphatic heterocycles. The maximum Gasteiger partial charge on any atom is 0.234 e. The van der Waals surface area contributed by atoms with Crippen molar-refractivity contribution in [3.8, 4) is 0 Å². The van der Waals surface area contributed by atoms with Gasteiger partial charge in [-0.05, 0) is 33.7 Å². The zero-order valence-electron chi connectivity index (χ0n) is 9.75. The number of rotatable bonds is 6. The van der Waals surface area contributed by atoms with Gasteiger partial charge in [0.1, 0.15) is 5.78 Å². The van der Waals surface area contributed by atoms with E-state index in [2.05, 4.69) is 5.32 Å². The van der Waals surface area contributed by atoms with Gasteiger partial charge >= 0.3 is 0 Å². The second kappa shape index (κ2) is 5.26. The number of hydrogen-bond acceptors (Lipinski definition) is 3. The molecule has 0 saturated heterocycles. The van der Waals surface area contributed by atoms with Crippen LogP contribution in [0, 0.1) is 5.92 Å². The third-order valence-corrected chi connectivity index (χ3v) is 2.32. The van der Waals surface area contributed by atoms with E-state index in [0.29, 0.717) is 13.1 Å². The van der Waals surface area contributed by atoms with Crippen molar-refractivity contribution >= 4 is 11.7 Å². The first-order chi connectivity index (χ1) is 6.99. The van der Waals surface area contributed by atoms with E-state index < -0.39 is 0 Å². The number of nitrogens with zero attached hydrogens (tertiary/aromatic N) is 1. The normalized spacial score (nSPS) is 15.8. The molecule has 0 bridgehead atoms. The molecule has 0 aromatic rings. The van der Waals surface area contributed by atoms with E-state index in [0.717, 1.165) is 12.8 Å². The quantitative estimate of drug-likeness (QED) is 0.694. The minimum Gasteiger partial charge on any atom is -0.353 e. The molecule has 4 heteroatoms. The number of carbonyl (C=O) groups is 2. The van der Waals surface area contributed by atoms with E-state index in [4.69, 9.17) is 0 Å². The van der Waals surface area contributed by atoms with Gasteiger partial charge in [0.25, 0.3) is 0 Å². The van der Waals surface area contributed by atoms with Crippen molar-refractivity contribution in [3.63, 3.8) is 0 Å². The van der Waals surface area contributed by atoms with Crippen LogP contribution in [0.3, 0.4) is 0 Å². The number of ketones is 1. The van der Waals surface area contributed by atoms with Crippen LogP contribution in [-0.2, 0) is 9.59 Å². The average molecular weight is 212 g/mol. The lowest BCUT2D eigenvalue weighted by molar-refractivity contribution is -0.124. The predicted molar refractivity (Wildman–Crippen MR) is 58.5 cm³/mol. The number of carbonyl (C=O) groups excluding carboxylic acids is 2. The van der Waals surface area contributed by atoms with Crippen molar-refractivity contribution < 1.29 is 9.59 Å². The lowest BCUT2D eigenvalue weighted by atomic mass is 10.2. The summed E-state index contributed by atoms with van der Waals surface area (Å²) in [6, 6.07) is 0.157. The first-order valence-corrected chi connectivity index (χ1v) is 5.49. The Morgan fingerprint density at radius 3 is 2.40 bits per heavy atom. The molecule has 0 radical (unpaired) electrons. The molecule has 86 valence electrons. The van der Waals surface area contributed by atoms with Gasteiger partial charge in [0.05, 0.1) is 13.1 Å². The number of hydrogen-bond donors (Lipinski definition) is 1. The molecule has 0 aromatic heterocycles. The molecule has 1 amide bonds. The molecule has 0 aromatic carbocycles. The van der Waals surface area contributed by atoms with Crippen molar-refractivity contribution in [2.45, 2.75) is 32.7 Å². The Hall–Kier alpha value is -0.900. The first-order valence-electron chi connectivity index (χ1n) is 5.49. The Balaban J connectivity index is 2.19. The fourth-order valence-electron chi connectivity index (χ4n) is 1.47. The molecule has 0 spiro atoms. The van der Waals surface area contributed by atoms with Crippen LogP contribution in [0.15, 0.2) is 0 Å². The summed E-state index contributed by atoms with van der Waals surface area (Å²) in [5.74, 6) is 0.534. The number of likely N-dealkylation sites (N-methyl/N-ethyl adjacent to an activating group) is 1. The predicted octanol–water partition coefficient (Wildman–Crippen LogP) is 0.422. The van der Waals surface area contributed by atoms with E-state index in [1.807, 2.05) is 13.8 Å². The van der Waals surface area contributed by atoms with Gasteiger partial charge in [-0.1, -0.05) is 0 Å². The van der Waals surface area contributed by atoms with E-state index in [-0.39, 0.29) is 23.7 Å². The van der Waals surface area contributed by atoms with E-state index >= 15 is 0 Å². The van der Waals surface area contributed by atoms with Gasteiger partial charge in [-0.3, -0.25) is 14.5 Å². The number of Topliss-reactive ketones (excluding diaryl/α,β-unsaturated/α-hetero) is 1. The molecule has 1 aliphatic carbocycles. The van der Waals surface area contributed by atoms with Gasteiger partial charge in [0.15, 0.2) is 0 Å². The van der Waals surface area contributed by atoms with Crippen molar-refractivity contribution in [2.24, 2.45) is 5.92 Å². The standard InChI is InChI=1S/C11H20N2O2/c1-8(2)12-11(15)7-13(3)6-10(14)9-4-5-9/h8-9H,4-7H2,1-3H3,(H,12,15).